The van der Waals surface area contributed by atoms with E-state index in [4.69, 9.17) is 4.74 Å². The maximum atomic E-state index is 12.5. The second-order valence-electron chi connectivity index (χ2n) is 6.78. The molecule has 7 nitrogen and oxygen atoms in total. The molecule has 0 aromatic heterocycles. The van der Waals surface area contributed by atoms with Crippen LogP contribution in [0.4, 0.5) is 11.4 Å². The van der Waals surface area contributed by atoms with Gasteiger partial charge in [0.25, 0.3) is 17.7 Å². The lowest BCUT2D eigenvalue weighted by Crippen LogP contribution is -2.24. The number of benzene rings is 3. The Morgan fingerprint density at radius 3 is 2.10 bits per heavy atom. The summed E-state index contributed by atoms with van der Waals surface area (Å²) in [7, 11) is 1.58. The summed E-state index contributed by atoms with van der Waals surface area (Å²) in [6.45, 7) is 0. The molecular formula is C24H19N3O4. The van der Waals surface area contributed by atoms with Crippen molar-refractivity contribution in [1.29, 1.82) is 0 Å². The monoisotopic (exact) mass is 413 g/mol. The zero-order valence-electron chi connectivity index (χ0n) is 16.6. The lowest BCUT2D eigenvalue weighted by Gasteiger charge is -2.10. The highest BCUT2D eigenvalue weighted by molar-refractivity contribution is 6.36. The van der Waals surface area contributed by atoms with Gasteiger partial charge in [0.2, 0.25) is 0 Å². The van der Waals surface area contributed by atoms with Crippen molar-refractivity contribution < 1.29 is 19.1 Å². The number of hydrogen-bond donors (Lipinski definition) is 3. The van der Waals surface area contributed by atoms with Gasteiger partial charge in [-0.25, -0.2) is 0 Å². The predicted octanol–water partition coefficient (Wildman–Crippen LogP) is 3.43. The van der Waals surface area contributed by atoms with Gasteiger partial charge in [-0.05, 0) is 54.1 Å². The average Bonchev–Trinajstić information content (AvgIpc) is 3.08. The Bertz CT molecular complexity index is 1170. The highest BCUT2D eigenvalue weighted by Gasteiger charge is 2.31. The summed E-state index contributed by atoms with van der Waals surface area (Å²) in [6, 6.07) is 22.6. The normalized spacial score (nSPS) is 13.1. The molecule has 0 radical (unpaired) electrons. The molecule has 0 unspecified atom stereocenters. The smallest absolute Gasteiger partial charge is 0.275 e. The fraction of sp³-hybridized carbons (Fsp3) is 0.0417. The van der Waals surface area contributed by atoms with Crippen LogP contribution < -0.4 is 20.7 Å². The molecular weight excluding hydrogens is 394 g/mol. The number of ether oxygens (including phenoxy) is 1. The molecule has 3 N–H and O–H groups in total. The van der Waals surface area contributed by atoms with Gasteiger partial charge in [-0.15, -0.1) is 0 Å². The van der Waals surface area contributed by atoms with Crippen LogP contribution in [-0.4, -0.2) is 24.8 Å². The van der Waals surface area contributed by atoms with Crippen LogP contribution in [-0.2, 0) is 9.59 Å². The minimum absolute atomic E-state index is 0.173. The minimum Gasteiger partial charge on any atom is -0.497 e. The largest absolute Gasteiger partial charge is 0.497 e. The van der Waals surface area contributed by atoms with E-state index in [1.54, 1.807) is 79.9 Å². The Hall–Kier alpha value is -4.39. The topological polar surface area (TPSA) is 96.5 Å². The zero-order valence-corrected chi connectivity index (χ0v) is 16.6. The van der Waals surface area contributed by atoms with E-state index < -0.39 is 11.8 Å². The number of hydrogen-bond acceptors (Lipinski definition) is 5. The highest BCUT2D eigenvalue weighted by atomic mass is 16.5. The summed E-state index contributed by atoms with van der Waals surface area (Å²) < 4.78 is 5.10. The first-order valence-electron chi connectivity index (χ1n) is 9.53. The van der Waals surface area contributed by atoms with E-state index in [1.807, 2.05) is 6.07 Å². The molecule has 3 aromatic rings. The lowest BCUT2D eigenvalue weighted by atomic mass is 10.0. The van der Waals surface area contributed by atoms with Crippen molar-refractivity contribution >= 4 is 34.7 Å². The van der Waals surface area contributed by atoms with Gasteiger partial charge >= 0.3 is 0 Å². The number of rotatable bonds is 6. The number of anilines is 2. The molecule has 4 rings (SSSR count). The SMILES string of the molecule is COc1ccc(NC(=O)c2ccc(NC3=C(c4ccccc4)C(=O)NC3=O)cc2)cc1. The Balaban J connectivity index is 1.51. The first-order valence-corrected chi connectivity index (χ1v) is 9.53. The van der Waals surface area contributed by atoms with Crippen molar-refractivity contribution in [2.45, 2.75) is 0 Å². The summed E-state index contributed by atoms with van der Waals surface area (Å²) in [5, 5.41) is 8.12. The average molecular weight is 413 g/mol. The fourth-order valence-electron chi connectivity index (χ4n) is 3.18. The lowest BCUT2D eigenvalue weighted by molar-refractivity contribution is -0.123. The van der Waals surface area contributed by atoms with Crippen LogP contribution in [0, 0.1) is 0 Å². The molecule has 0 spiro atoms. The molecule has 3 amide bonds. The van der Waals surface area contributed by atoms with E-state index in [1.165, 1.54) is 0 Å². The maximum Gasteiger partial charge on any atom is 0.275 e. The van der Waals surface area contributed by atoms with Gasteiger partial charge in [0.05, 0.1) is 12.7 Å². The van der Waals surface area contributed by atoms with Gasteiger partial charge in [-0.1, -0.05) is 30.3 Å². The molecule has 0 bridgehead atoms. The molecule has 0 fully saturated rings. The van der Waals surface area contributed by atoms with E-state index in [0.717, 1.165) is 0 Å². The molecule has 0 saturated carbocycles. The van der Waals surface area contributed by atoms with Gasteiger partial charge in [-0.2, -0.15) is 0 Å². The molecule has 154 valence electrons. The van der Waals surface area contributed by atoms with E-state index in [0.29, 0.717) is 28.3 Å². The van der Waals surface area contributed by atoms with Crippen molar-refractivity contribution in [3.8, 4) is 5.75 Å². The van der Waals surface area contributed by atoms with E-state index in [2.05, 4.69) is 16.0 Å². The second kappa shape index (κ2) is 8.54. The summed E-state index contributed by atoms with van der Waals surface area (Å²) >= 11 is 0. The number of nitrogens with one attached hydrogen (secondary N) is 3. The Labute approximate surface area is 178 Å². The van der Waals surface area contributed by atoms with E-state index in [-0.39, 0.29) is 17.2 Å². The third kappa shape index (κ3) is 4.30. The standard InChI is InChI=1S/C24H19N3O4/c1-31-19-13-11-18(12-14-19)26-22(28)16-7-9-17(10-8-16)25-21-20(23(29)27-24(21)30)15-5-3-2-4-6-15/h2-14H,1H3,(H,26,28)(H2,25,27,29,30). The Kier molecular flexibility index (Phi) is 5.49. The number of imide groups is 1. The van der Waals surface area contributed by atoms with Crippen LogP contribution in [0.1, 0.15) is 15.9 Å². The first kappa shape index (κ1) is 19.9. The number of methoxy groups -OCH3 is 1. The summed E-state index contributed by atoms with van der Waals surface area (Å²) in [6.07, 6.45) is 0. The van der Waals surface area contributed by atoms with Gasteiger partial charge in [0, 0.05) is 16.9 Å². The van der Waals surface area contributed by atoms with Gasteiger partial charge < -0.3 is 15.4 Å². The molecule has 1 aliphatic heterocycles. The van der Waals surface area contributed by atoms with Crippen LogP contribution in [0.25, 0.3) is 5.57 Å². The van der Waals surface area contributed by atoms with E-state index >= 15 is 0 Å². The molecule has 7 heteroatoms. The predicted molar refractivity (Wildman–Crippen MR) is 118 cm³/mol. The first-order chi connectivity index (χ1) is 15.0. The van der Waals surface area contributed by atoms with Gasteiger partial charge in [0.1, 0.15) is 11.4 Å². The van der Waals surface area contributed by atoms with Crippen molar-refractivity contribution in [2.24, 2.45) is 0 Å². The molecule has 3 aromatic carbocycles. The third-order valence-corrected chi connectivity index (χ3v) is 4.76. The van der Waals surface area contributed by atoms with Crippen LogP contribution in [0.5, 0.6) is 5.75 Å². The van der Waals surface area contributed by atoms with Gasteiger partial charge in [0.15, 0.2) is 0 Å². The third-order valence-electron chi connectivity index (χ3n) is 4.76. The number of carbonyl (C=O) groups excluding carboxylic acids is 3. The van der Waals surface area contributed by atoms with Crippen LogP contribution in [0.3, 0.4) is 0 Å². The van der Waals surface area contributed by atoms with Crippen molar-refractivity contribution in [2.75, 3.05) is 17.7 Å². The fourth-order valence-corrected chi connectivity index (χ4v) is 3.18. The molecule has 31 heavy (non-hydrogen) atoms. The molecule has 0 saturated heterocycles. The Morgan fingerprint density at radius 2 is 1.45 bits per heavy atom. The minimum atomic E-state index is -0.495. The van der Waals surface area contributed by atoms with Crippen LogP contribution >= 0.6 is 0 Å². The molecule has 1 aliphatic rings. The maximum absolute atomic E-state index is 12.5. The van der Waals surface area contributed by atoms with Crippen molar-refractivity contribution in [1.82, 2.24) is 5.32 Å². The summed E-state index contributed by atoms with van der Waals surface area (Å²) in [5.74, 6) is -0.513. The van der Waals surface area contributed by atoms with Crippen molar-refractivity contribution in [3.05, 3.63) is 95.7 Å². The van der Waals surface area contributed by atoms with Crippen molar-refractivity contribution in [3.63, 3.8) is 0 Å². The van der Waals surface area contributed by atoms with Crippen LogP contribution in [0.2, 0.25) is 0 Å². The zero-order chi connectivity index (χ0) is 21.8. The molecule has 0 aliphatic carbocycles. The highest BCUT2D eigenvalue weighted by Crippen LogP contribution is 2.25. The Morgan fingerprint density at radius 1 is 0.806 bits per heavy atom. The number of carbonyl (C=O) groups is 3. The summed E-state index contributed by atoms with van der Waals surface area (Å²) in [4.78, 5) is 37.0. The second-order valence-corrected chi connectivity index (χ2v) is 6.78. The van der Waals surface area contributed by atoms with E-state index in [9.17, 15) is 14.4 Å². The quantitative estimate of drug-likeness (QED) is 0.538. The summed E-state index contributed by atoms with van der Waals surface area (Å²) in [5.41, 5.74) is 2.77. The van der Waals surface area contributed by atoms with Crippen LogP contribution in [0.15, 0.2) is 84.6 Å². The molecule has 1 heterocycles. The number of amides is 3. The van der Waals surface area contributed by atoms with Gasteiger partial charge in [-0.3, -0.25) is 19.7 Å². The molecule has 0 atom stereocenters.